The van der Waals surface area contributed by atoms with E-state index in [1.807, 2.05) is 0 Å². The van der Waals surface area contributed by atoms with Crippen molar-refractivity contribution in [2.75, 3.05) is 0 Å². The molecule has 1 aliphatic heterocycles. The zero-order valence-electron chi connectivity index (χ0n) is 8.86. The first kappa shape index (κ1) is 8.96. The summed E-state index contributed by atoms with van der Waals surface area (Å²) in [6, 6.07) is 9.11. The molecular weight excluding hydrogens is 186 g/mol. The van der Waals surface area contributed by atoms with E-state index in [9.17, 15) is 4.79 Å². The van der Waals surface area contributed by atoms with Crippen molar-refractivity contribution in [1.82, 2.24) is 5.32 Å². The summed E-state index contributed by atoms with van der Waals surface area (Å²) in [6.45, 7) is 2.10. The molecule has 2 aliphatic rings. The van der Waals surface area contributed by atoms with Gasteiger partial charge in [-0.15, -0.1) is 0 Å². The van der Waals surface area contributed by atoms with Crippen molar-refractivity contribution in [1.29, 1.82) is 0 Å². The lowest BCUT2D eigenvalue weighted by Crippen LogP contribution is -2.35. The highest BCUT2D eigenvalue weighted by molar-refractivity contribution is 5.83. The zero-order chi connectivity index (χ0) is 10.4. The zero-order valence-corrected chi connectivity index (χ0v) is 8.86. The van der Waals surface area contributed by atoms with Gasteiger partial charge in [0.2, 0.25) is 5.91 Å². The van der Waals surface area contributed by atoms with E-state index in [4.69, 9.17) is 0 Å². The van der Waals surface area contributed by atoms with E-state index < -0.39 is 0 Å². The SMILES string of the molecule is Cc1ccc(C2CC3CC2NC3=O)cc1. The van der Waals surface area contributed by atoms with Crippen LogP contribution in [0, 0.1) is 12.8 Å². The van der Waals surface area contributed by atoms with Gasteiger partial charge in [0.15, 0.2) is 0 Å². The first-order chi connectivity index (χ1) is 7.24. The predicted molar refractivity (Wildman–Crippen MR) is 58.6 cm³/mol. The number of benzene rings is 1. The Morgan fingerprint density at radius 3 is 2.47 bits per heavy atom. The number of aryl methyl sites for hydroxylation is 1. The van der Waals surface area contributed by atoms with E-state index in [-0.39, 0.29) is 11.8 Å². The first-order valence-electron chi connectivity index (χ1n) is 5.61. The Balaban J connectivity index is 1.85. The van der Waals surface area contributed by atoms with Gasteiger partial charge in [-0.2, -0.15) is 0 Å². The van der Waals surface area contributed by atoms with Crippen molar-refractivity contribution in [2.45, 2.75) is 31.7 Å². The molecule has 1 saturated heterocycles. The molecule has 0 spiro atoms. The van der Waals surface area contributed by atoms with E-state index >= 15 is 0 Å². The number of nitrogens with one attached hydrogen (secondary N) is 1. The summed E-state index contributed by atoms with van der Waals surface area (Å²) in [7, 11) is 0. The fraction of sp³-hybridized carbons (Fsp3) is 0.462. The molecule has 1 amide bonds. The lowest BCUT2D eigenvalue weighted by Gasteiger charge is -2.23. The normalized spacial score (nSPS) is 33.1. The molecule has 0 radical (unpaired) electrons. The van der Waals surface area contributed by atoms with Crippen LogP contribution in [-0.2, 0) is 4.79 Å². The Hall–Kier alpha value is -1.31. The maximum absolute atomic E-state index is 11.4. The molecule has 78 valence electrons. The van der Waals surface area contributed by atoms with Crippen LogP contribution in [0.15, 0.2) is 24.3 Å². The van der Waals surface area contributed by atoms with Gasteiger partial charge >= 0.3 is 0 Å². The minimum absolute atomic E-state index is 0.267. The van der Waals surface area contributed by atoms with Crippen molar-refractivity contribution in [2.24, 2.45) is 5.92 Å². The van der Waals surface area contributed by atoms with Crippen LogP contribution in [0.2, 0.25) is 0 Å². The highest BCUT2D eigenvalue weighted by atomic mass is 16.2. The lowest BCUT2D eigenvalue weighted by molar-refractivity contribution is -0.123. The number of amides is 1. The van der Waals surface area contributed by atoms with Crippen molar-refractivity contribution >= 4 is 5.91 Å². The Bertz CT molecular complexity index is 396. The van der Waals surface area contributed by atoms with Gasteiger partial charge in [-0.05, 0) is 25.3 Å². The molecule has 2 nitrogen and oxygen atoms in total. The number of fused-ring (bicyclic) bond motifs is 2. The summed E-state index contributed by atoms with van der Waals surface area (Å²) < 4.78 is 0. The van der Waals surface area contributed by atoms with Gasteiger partial charge in [-0.3, -0.25) is 4.79 Å². The summed E-state index contributed by atoms with van der Waals surface area (Å²) in [6.07, 6.45) is 2.08. The first-order valence-corrected chi connectivity index (χ1v) is 5.61. The minimum atomic E-state index is 0.267. The number of hydrogen-bond donors (Lipinski definition) is 1. The molecule has 1 N–H and O–H groups in total. The lowest BCUT2D eigenvalue weighted by atomic mass is 9.91. The average Bonchev–Trinajstić information content (AvgIpc) is 2.77. The van der Waals surface area contributed by atoms with Crippen molar-refractivity contribution in [3.63, 3.8) is 0 Å². The highest BCUT2D eigenvalue weighted by Crippen LogP contribution is 2.42. The molecule has 2 heteroatoms. The van der Waals surface area contributed by atoms with E-state index in [1.54, 1.807) is 0 Å². The number of carbonyl (C=O) groups is 1. The van der Waals surface area contributed by atoms with Crippen LogP contribution in [0.25, 0.3) is 0 Å². The van der Waals surface area contributed by atoms with Crippen LogP contribution in [0.5, 0.6) is 0 Å². The summed E-state index contributed by atoms with van der Waals surface area (Å²) in [5.74, 6) is 1.10. The van der Waals surface area contributed by atoms with Crippen molar-refractivity contribution in [3.8, 4) is 0 Å². The largest absolute Gasteiger partial charge is 0.352 e. The van der Waals surface area contributed by atoms with Crippen LogP contribution in [0.1, 0.15) is 29.9 Å². The molecule has 15 heavy (non-hydrogen) atoms. The second kappa shape index (κ2) is 3.09. The van der Waals surface area contributed by atoms with Gasteiger partial charge in [0.1, 0.15) is 0 Å². The Labute approximate surface area is 89.7 Å². The highest BCUT2D eigenvalue weighted by Gasteiger charge is 2.45. The third-order valence-corrected chi connectivity index (χ3v) is 3.77. The Kier molecular flexibility index (Phi) is 1.84. The Morgan fingerprint density at radius 2 is 1.93 bits per heavy atom. The summed E-state index contributed by atoms with van der Waals surface area (Å²) >= 11 is 0. The fourth-order valence-electron chi connectivity index (χ4n) is 2.89. The maximum atomic E-state index is 11.4. The number of piperidine rings is 1. The number of carbonyl (C=O) groups excluding carboxylic acids is 1. The van der Waals surface area contributed by atoms with Crippen LogP contribution >= 0.6 is 0 Å². The third kappa shape index (κ3) is 1.36. The van der Waals surface area contributed by atoms with Gasteiger partial charge in [-0.25, -0.2) is 0 Å². The van der Waals surface area contributed by atoms with Crippen molar-refractivity contribution < 1.29 is 4.79 Å². The average molecular weight is 201 g/mol. The molecule has 1 heterocycles. The monoisotopic (exact) mass is 201 g/mol. The van der Waals surface area contributed by atoms with Gasteiger partial charge < -0.3 is 5.32 Å². The molecular formula is C13H15NO. The predicted octanol–water partition coefficient (Wildman–Crippen LogP) is 1.99. The summed E-state index contributed by atoms with van der Waals surface area (Å²) in [4.78, 5) is 11.4. The molecule has 0 aromatic heterocycles. The van der Waals surface area contributed by atoms with Crippen LogP contribution < -0.4 is 5.32 Å². The smallest absolute Gasteiger partial charge is 0.223 e. The fourth-order valence-corrected chi connectivity index (χ4v) is 2.89. The Morgan fingerprint density at radius 1 is 1.20 bits per heavy atom. The minimum Gasteiger partial charge on any atom is -0.352 e. The van der Waals surface area contributed by atoms with Crippen molar-refractivity contribution in [3.05, 3.63) is 35.4 Å². The quantitative estimate of drug-likeness (QED) is 0.739. The molecule has 3 rings (SSSR count). The van der Waals surface area contributed by atoms with Gasteiger partial charge in [-0.1, -0.05) is 29.8 Å². The second-order valence-corrected chi connectivity index (χ2v) is 4.80. The van der Waals surface area contributed by atoms with Gasteiger partial charge in [0, 0.05) is 17.9 Å². The summed E-state index contributed by atoms with van der Waals surface area (Å²) in [5, 5.41) is 3.08. The topological polar surface area (TPSA) is 29.1 Å². The van der Waals surface area contributed by atoms with Crippen LogP contribution in [0.3, 0.4) is 0 Å². The molecule has 1 aromatic carbocycles. The third-order valence-electron chi connectivity index (χ3n) is 3.77. The molecule has 1 saturated carbocycles. The van der Waals surface area contributed by atoms with E-state index in [0.717, 1.165) is 12.8 Å². The molecule has 1 aliphatic carbocycles. The molecule has 2 fully saturated rings. The van der Waals surface area contributed by atoms with E-state index in [0.29, 0.717) is 12.0 Å². The van der Waals surface area contributed by atoms with Gasteiger partial charge in [0.25, 0.3) is 0 Å². The standard InChI is InChI=1S/C13H15NO/c1-8-2-4-9(5-3-8)11-6-10-7-12(11)14-13(10)15/h2-5,10-12H,6-7H2,1H3,(H,14,15). The molecule has 3 unspecified atom stereocenters. The number of rotatable bonds is 1. The summed E-state index contributed by atoms with van der Waals surface area (Å²) in [5.41, 5.74) is 2.68. The second-order valence-electron chi connectivity index (χ2n) is 4.80. The molecule has 1 aromatic rings. The van der Waals surface area contributed by atoms with E-state index in [1.165, 1.54) is 11.1 Å². The van der Waals surface area contributed by atoms with Crippen LogP contribution in [0.4, 0.5) is 0 Å². The van der Waals surface area contributed by atoms with E-state index in [2.05, 4.69) is 36.5 Å². The molecule has 2 bridgehead atoms. The van der Waals surface area contributed by atoms with Gasteiger partial charge in [0.05, 0.1) is 0 Å². The van der Waals surface area contributed by atoms with Crippen LogP contribution in [-0.4, -0.2) is 11.9 Å². The molecule has 3 atom stereocenters. The maximum Gasteiger partial charge on any atom is 0.223 e. The number of hydrogen-bond acceptors (Lipinski definition) is 1.